The first-order valence-electron chi connectivity index (χ1n) is 4.56. The fraction of sp³-hybridized carbons (Fsp3) is 0.889. The summed E-state index contributed by atoms with van der Waals surface area (Å²) < 4.78 is 0. The Balaban J connectivity index is 1.97. The molecule has 0 N–H and O–H groups in total. The molecule has 1 aliphatic heterocycles. The molecule has 0 bridgehead atoms. The standard InChI is InChI=1S/C9H17NOS/c1-12-7-3-2-5-10-6-4-9(11)8-10/h2-8H2,1H3. The van der Waals surface area contributed by atoms with Crippen molar-refractivity contribution >= 4 is 17.5 Å². The summed E-state index contributed by atoms with van der Waals surface area (Å²) in [6.07, 6.45) is 5.45. The molecule has 1 aliphatic rings. The van der Waals surface area contributed by atoms with E-state index in [1.165, 1.54) is 18.6 Å². The van der Waals surface area contributed by atoms with E-state index in [-0.39, 0.29) is 0 Å². The summed E-state index contributed by atoms with van der Waals surface area (Å²) in [5, 5.41) is 0. The normalized spacial score (nSPS) is 18.9. The lowest BCUT2D eigenvalue weighted by Crippen LogP contribution is -2.21. The zero-order chi connectivity index (χ0) is 8.81. The summed E-state index contributed by atoms with van der Waals surface area (Å²) in [5.41, 5.74) is 0. The quantitative estimate of drug-likeness (QED) is 0.607. The minimum atomic E-state index is 0.417. The van der Waals surface area contributed by atoms with Crippen LogP contribution in [0.1, 0.15) is 19.3 Å². The Bertz CT molecular complexity index is 149. The minimum absolute atomic E-state index is 0.417. The Morgan fingerprint density at radius 3 is 2.92 bits per heavy atom. The molecule has 0 spiro atoms. The van der Waals surface area contributed by atoms with E-state index >= 15 is 0 Å². The highest BCUT2D eigenvalue weighted by Crippen LogP contribution is 2.06. The number of carbonyl (C=O) groups is 1. The second kappa shape index (κ2) is 5.60. The molecule has 1 fully saturated rings. The van der Waals surface area contributed by atoms with Crippen molar-refractivity contribution in [1.82, 2.24) is 4.90 Å². The summed E-state index contributed by atoms with van der Waals surface area (Å²) >= 11 is 1.90. The largest absolute Gasteiger partial charge is 0.298 e. The Labute approximate surface area is 78.7 Å². The van der Waals surface area contributed by atoms with Gasteiger partial charge in [0.15, 0.2) is 0 Å². The maximum Gasteiger partial charge on any atom is 0.148 e. The summed E-state index contributed by atoms with van der Waals surface area (Å²) in [4.78, 5) is 13.2. The van der Waals surface area contributed by atoms with Gasteiger partial charge in [0.25, 0.3) is 0 Å². The van der Waals surface area contributed by atoms with Crippen LogP contribution in [0.4, 0.5) is 0 Å². The number of Topliss-reactive ketones (excluding diaryl/α,β-unsaturated/α-hetero) is 1. The van der Waals surface area contributed by atoms with Crippen molar-refractivity contribution in [2.75, 3.05) is 31.6 Å². The fourth-order valence-electron chi connectivity index (χ4n) is 1.46. The maximum atomic E-state index is 10.9. The predicted molar refractivity (Wildman–Crippen MR) is 53.7 cm³/mol. The van der Waals surface area contributed by atoms with Crippen LogP contribution in [0.5, 0.6) is 0 Å². The number of rotatable bonds is 5. The van der Waals surface area contributed by atoms with Crippen LogP contribution in [0, 0.1) is 0 Å². The predicted octanol–water partition coefficient (Wildman–Crippen LogP) is 1.40. The highest BCUT2D eigenvalue weighted by molar-refractivity contribution is 7.98. The average molecular weight is 187 g/mol. The van der Waals surface area contributed by atoms with Gasteiger partial charge in [-0.05, 0) is 31.4 Å². The van der Waals surface area contributed by atoms with Crippen LogP contribution in [0.2, 0.25) is 0 Å². The molecule has 70 valence electrons. The number of unbranched alkanes of at least 4 members (excludes halogenated alkanes) is 1. The first-order valence-corrected chi connectivity index (χ1v) is 5.95. The highest BCUT2D eigenvalue weighted by Gasteiger charge is 2.17. The lowest BCUT2D eigenvalue weighted by Gasteiger charge is -2.12. The van der Waals surface area contributed by atoms with E-state index in [1.807, 2.05) is 11.8 Å². The second-order valence-electron chi connectivity index (χ2n) is 3.26. The molecule has 1 rings (SSSR count). The first kappa shape index (κ1) is 10.1. The lowest BCUT2D eigenvalue weighted by molar-refractivity contribution is -0.116. The molecule has 12 heavy (non-hydrogen) atoms. The third-order valence-corrected chi connectivity index (χ3v) is 2.88. The Hall–Kier alpha value is -0.0200. The van der Waals surface area contributed by atoms with E-state index in [1.54, 1.807) is 0 Å². The van der Waals surface area contributed by atoms with Crippen molar-refractivity contribution in [2.24, 2.45) is 0 Å². The number of likely N-dealkylation sites (tertiary alicyclic amines) is 1. The van der Waals surface area contributed by atoms with Crippen LogP contribution >= 0.6 is 11.8 Å². The molecule has 0 unspecified atom stereocenters. The molecule has 1 heterocycles. The smallest absolute Gasteiger partial charge is 0.148 e. The van der Waals surface area contributed by atoms with Gasteiger partial charge in [-0.1, -0.05) is 0 Å². The van der Waals surface area contributed by atoms with Gasteiger partial charge >= 0.3 is 0 Å². The average Bonchev–Trinajstić information content (AvgIpc) is 2.45. The molecule has 0 atom stereocenters. The summed E-state index contributed by atoms with van der Waals surface area (Å²) in [6, 6.07) is 0. The molecule has 0 aliphatic carbocycles. The van der Waals surface area contributed by atoms with Crippen molar-refractivity contribution < 1.29 is 4.79 Å². The van der Waals surface area contributed by atoms with Crippen LogP contribution in [-0.2, 0) is 4.79 Å². The van der Waals surface area contributed by atoms with Gasteiger partial charge in [-0.15, -0.1) is 0 Å². The SMILES string of the molecule is CSCCCCN1CCC(=O)C1. The number of thioether (sulfide) groups is 1. The molecule has 0 saturated carbocycles. The zero-order valence-electron chi connectivity index (χ0n) is 7.71. The molecule has 0 aromatic carbocycles. The third kappa shape index (κ3) is 3.59. The van der Waals surface area contributed by atoms with Gasteiger partial charge in [-0.2, -0.15) is 11.8 Å². The second-order valence-corrected chi connectivity index (χ2v) is 4.25. The van der Waals surface area contributed by atoms with Crippen LogP contribution < -0.4 is 0 Å². The fourth-order valence-corrected chi connectivity index (χ4v) is 1.96. The van der Waals surface area contributed by atoms with E-state index < -0.39 is 0 Å². The van der Waals surface area contributed by atoms with Gasteiger partial charge in [0.05, 0.1) is 6.54 Å². The molecule has 3 heteroatoms. The maximum absolute atomic E-state index is 10.9. The van der Waals surface area contributed by atoms with E-state index in [9.17, 15) is 4.79 Å². The topological polar surface area (TPSA) is 20.3 Å². The monoisotopic (exact) mass is 187 g/mol. The number of nitrogens with zero attached hydrogens (tertiary/aromatic N) is 1. The van der Waals surface area contributed by atoms with E-state index in [2.05, 4.69) is 11.2 Å². The van der Waals surface area contributed by atoms with Gasteiger partial charge < -0.3 is 0 Å². The van der Waals surface area contributed by atoms with Gasteiger partial charge in [0.1, 0.15) is 5.78 Å². The van der Waals surface area contributed by atoms with Crippen LogP contribution in [0.3, 0.4) is 0 Å². The molecule has 0 amide bonds. The van der Waals surface area contributed by atoms with Crippen molar-refractivity contribution in [1.29, 1.82) is 0 Å². The number of hydrogen-bond acceptors (Lipinski definition) is 3. The van der Waals surface area contributed by atoms with Crippen molar-refractivity contribution in [3.05, 3.63) is 0 Å². The van der Waals surface area contributed by atoms with Gasteiger partial charge in [-0.3, -0.25) is 9.69 Å². The van der Waals surface area contributed by atoms with Crippen molar-refractivity contribution in [3.63, 3.8) is 0 Å². The minimum Gasteiger partial charge on any atom is -0.298 e. The Morgan fingerprint density at radius 2 is 2.33 bits per heavy atom. The van der Waals surface area contributed by atoms with Gasteiger partial charge in [0, 0.05) is 13.0 Å². The lowest BCUT2D eigenvalue weighted by atomic mass is 10.3. The van der Waals surface area contributed by atoms with E-state index in [0.29, 0.717) is 12.3 Å². The summed E-state index contributed by atoms with van der Waals surface area (Å²) in [7, 11) is 0. The molecule has 2 nitrogen and oxygen atoms in total. The molecular formula is C9H17NOS. The van der Waals surface area contributed by atoms with Crippen molar-refractivity contribution in [3.8, 4) is 0 Å². The molecule has 0 aromatic heterocycles. The van der Waals surface area contributed by atoms with E-state index in [0.717, 1.165) is 19.5 Å². The number of carbonyl (C=O) groups excluding carboxylic acids is 1. The molecule has 1 saturated heterocycles. The van der Waals surface area contributed by atoms with Gasteiger partial charge in [-0.25, -0.2) is 0 Å². The first-order chi connectivity index (χ1) is 5.83. The number of ketones is 1. The molecule has 0 aromatic rings. The van der Waals surface area contributed by atoms with Crippen molar-refractivity contribution in [2.45, 2.75) is 19.3 Å². The Morgan fingerprint density at radius 1 is 1.50 bits per heavy atom. The van der Waals surface area contributed by atoms with E-state index in [4.69, 9.17) is 0 Å². The summed E-state index contributed by atoms with van der Waals surface area (Å²) in [5.74, 6) is 1.67. The van der Waals surface area contributed by atoms with Crippen LogP contribution in [0.25, 0.3) is 0 Å². The molecule has 0 radical (unpaired) electrons. The zero-order valence-corrected chi connectivity index (χ0v) is 8.53. The van der Waals surface area contributed by atoms with Gasteiger partial charge in [0.2, 0.25) is 0 Å². The van der Waals surface area contributed by atoms with Crippen LogP contribution in [0.15, 0.2) is 0 Å². The van der Waals surface area contributed by atoms with Crippen LogP contribution in [-0.4, -0.2) is 42.3 Å². The third-order valence-electron chi connectivity index (χ3n) is 2.18. The highest BCUT2D eigenvalue weighted by atomic mass is 32.2. The summed E-state index contributed by atoms with van der Waals surface area (Å²) in [6.45, 7) is 2.82. The number of hydrogen-bond donors (Lipinski definition) is 0. The Kier molecular flexibility index (Phi) is 4.69. The molecular weight excluding hydrogens is 170 g/mol.